The van der Waals surface area contributed by atoms with Gasteiger partial charge in [0.2, 0.25) is 0 Å². The van der Waals surface area contributed by atoms with E-state index in [0.29, 0.717) is 13.2 Å². The minimum Gasteiger partial charge on any atom is -0.374 e. The minimum absolute atomic E-state index is 0.0258. The quantitative estimate of drug-likeness (QED) is 0.792. The molecule has 1 heterocycles. The van der Waals surface area contributed by atoms with Crippen LogP contribution in [0.5, 0.6) is 0 Å². The Labute approximate surface area is 159 Å². The van der Waals surface area contributed by atoms with Crippen molar-refractivity contribution in [3.8, 4) is 0 Å². The lowest BCUT2D eigenvalue weighted by atomic mass is 10.1. The van der Waals surface area contributed by atoms with E-state index in [-0.39, 0.29) is 12.0 Å². The molecule has 26 heavy (non-hydrogen) atoms. The van der Waals surface area contributed by atoms with Crippen LogP contribution in [0, 0.1) is 6.92 Å². The van der Waals surface area contributed by atoms with Gasteiger partial charge in [-0.15, -0.1) is 11.8 Å². The lowest BCUT2D eigenvalue weighted by Gasteiger charge is -2.33. The average Bonchev–Trinajstić information content (AvgIpc) is 2.67. The van der Waals surface area contributed by atoms with Gasteiger partial charge in [0, 0.05) is 36.6 Å². The third kappa shape index (κ3) is 5.10. The number of carbonyl (C=O) groups is 1. The second-order valence-electron chi connectivity index (χ2n) is 6.60. The number of hydrogen-bond acceptors (Lipinski definition) is 4. The van der Waals surface area contributed by atoms with Gasteiger partial charge >= 0.3 is 0 Å². The second kappa shape index (κ2) is 9.21. The van der Waals surface area contributed by atoms with Crippen molar-refractivity contribution in [3.63, 3.8) is 0 Å². The number of nitrogens with one attached hydrogen (secondary N) is 1. The van der Waals surface area contributed by atoms with Crippen molar-refractivity contribution in [2.75, 3.05) is 32.5 Å². The average molecular weight is 371 g/mol. The first-order chi connectivity index (χ1) is 12.7. The number of carbonyl (C=O) groups excluding carboxylic acids is 1. The van der Waals surface area contributed by atoms with Gasteiger partial charge in [-0.05, 0) is 36.4 Å². The first kappa shape index (κ1) is 19.0. The molecule has 1 N–H and O–H groups in total. The number of morpholine rings is 1. The lowest BCUT2D eigenvalue weighted by Crippen LogP contribution is -2.47. The van der Waals surface area contributed by atoms with E-state index in [1.54, 1.807) is 11.8 Å². The zero-order valence-electron chi connectivity index (χ0n) is 15.4. The van der Waals surface area contributed by atoms with Crippen molar-refractivity contribution in [3.05, 3.63) is 65.2 Å². The molecule has 138 valence electrons. The highest BCUT2D eigenvalue weighted by Crippen LogP contribution is 2.19. The number of hydrogen-bond donors (Lipinski definition) is 1. The lowest BCUT2D eigenvalue weighted by molar-refractivity contribution is -0.0292. The third-order valence-corrected chi connectivity index (χ3v) is 5.38. The number of rotatable bonds is 6. The Bertz CT molecular complexity index is 736. The summed E-state index contributed by atoms with van der Waals surface area (Å²) in [6.07, 6.45) is 2.05. The summed E-state index contributed by atoms with van der Waals surface area (Å²) >= 11 is 1.65. The van der Waals surface area contributed by atoms with Gasteiger partial charge in [0.05, 0.1) is 12.7 Å². The highest BCUT2D eigenvalue weighted by Gasteiger charge is 2.21. The Morgan fingerprint density at radius 3 is 2.85 bits per heavy atom. The van der Waals surface area contributed by atoms with Crippen molar-refractivity contribution in [1.29, 1.82) is 0 Å². The SMILES string of the molecule is CSc1ccc(C)c(C(=O)NCC2CN(Cc3ccccc3)CCO2)c1. The molecule has 0 aliphatic carbocycles. The molecular formula is C21H26N2O2S. The smallest absolute Gasteiger partial charge is 0.251 e. The Hall–Kier alpha value is -1.82. The van der Waals surface area contributed by atoms with E-state index in [4.69, 9.17) is 4.74 Å². The van der Waals surface area contributed by atoms with Gasteiger partial charge in [-0.25, -0.2) is 0 Å². The number of nitrogens with zero attached hydrogens (tertiary/aromatic N) is 1. The molecule has 1 saturated heterocycles. The first-order valence-corrected chi connectivity index (χ1v) is 10.2. The van der Waals surface area contributed by atoms with Crippen LogP contribution in [0.1, 0.15) is 21.5 Å². The summed E-state index contributed by atoms with van der Waals surface area (Å²) in [5.74, 6) is -0.0258. The molecule has 0 bridgehead atoms. The zero-order valence-corrected chi connectivity index (χ0v) is 16.2. The number of thioether (sulfide) groups is 1. The molecule has 1 aliphatic heterocycles. The third-order valence-electron chi connectivity index (χ3n) is 4.65. The Balaban J connectivity index is 1.53. The van der Waals surface area contributed by atoms with Gasteiger partial charge in [-0.3, -0.25) is 9.69 Å². The van der Waals surface area contributed by atoms with Crippen molar-refractivity contribution >= 4 is 17.7 Å². The van der Waals surface area contributed by atoms with Crippen LogP contribution in [0.25, 0.3) is 0 Å². The van der Waals surface area contributed by atoms with Crippen molar-refractivity contribution in [1.82, 2.24) is 10.2 Å². The largest absolute Gasteiger partial charge is 0.374 e. The molecule has 2 aromatic rings. The highest BCUT2D eigenvalue weighted by molar-refractivity contribution is 7.98. The molecule has 1 atom stereocenters. The fourth-order valence-electron chi connectivity index (χ4n) is 3.16. The van der Waals surface area contributed by atoms with E-state index in [1.165, 1.54) is 5.56 Å². The van der Waals surface area contributed by atoms with E-state index >= 15 is 0 Å². The maximum absolute atomic E-state index is 12.6. The molecule has 1 aliphatic rings. The van der Waals surface area contributed by atoms with E-state index < -0.39 is 0 Å². The van der Waals surface area contributed by atoms with Gasteiger partial charge in [0.25, 0.3) is 5.91 Å². The van der Waals surface area contributed by atoms with Gasteiger partial charge in [-0.2, -0.15) is 0 Å². The van der Waals surface area contributed by atoms with Gasteiger partial charge in [0.1, 0.15) is 0 Å². The summed E-state index contributed by atoms with van der Waals surface area (Å²) in [5.41, 5.74) is 3.05. The van der Waals surface area contributed by atoms with Gasteiger partial charge < -0.3 is 10.1 Å². The van der Waals surface area contributed by atoms with Crippen LogP contribution in [0.2, 0.25) is 0 Å². The summed E-state index contributed by atoms with van der Waals surface area (Å²) in [6.45, 7) is 5.88. The summed E-state index contributed by atoms with van der Waals surface area (Å²) in [7, 11) is 0. The molecule has 1 fully saturated rings. The molecular weight excluding hydrogens is 344 g/mol. The van der Waals surface area contributed by atoms with E-state index in [0.717, 1.165) is 35.7 Å². The molecule has 0 radical (unpaired) electrons. The predicted molar refractivity (Wildman–Crippen MR) is 107 cm³/mol. The first-order valence-electron chi connectivity index (χ1n) is 8.96. The number of ether oxygens (including phenoxy) is 1. The van der Waals surface area contributed by atoms with Crippen LogP contribution < -0.4 is 5.32 Å². The van der Waals surface area contributed by atoms with Crippen LogP contribution in [-0.2, 0) is 11.3 Å². The molecule has 4 nitrogen and oxygen atoms in total. The monoisotopic (exact) mass is 370 g/mol. The minimum atomic E-state index is -0.0258. The molecule has 2 aromatic carbocycles. The van der Waals surface area contributed by atoms with E-state index in [9.17, 15) is 4.79 Å². The number of aryl methyl sites for hydroxylation is 1. The van der Waals surface area contributed by atoms with Gasteiger partial charge in [-0.1, -0.05) is 36.4 Å². The Morgan fingerprint density at radius 2 is 2.08 bits per heavy atom. The van der Waals surface area contributed by atoms with Gasteiger partial charge in [0.15, 0.2) is 0 Å². The molecule has 0 spiro atoms. The van der Waals surface area contributed by atoms with Crippen LogP contribution >= 0.6 is 11.8 Å². The highest BCUT2D eigenvalue weighted by atomic mass is 32.2. The standard InChI is InChI=1S/C21H26N2O2S/c1-16-8-9-19(26-2)12-20(16)21(24)22-13-18-15-23(10-11-25-18)14-17-6-4-3-5-7-17/h3-9,12,18H,10-11,13-15H2,1-2H3,(H,22,24). The van der Waals surface area contributed by atoms with Crippen molar-refractivity contribution in [2.45, 2.75) is 24.5 Å². The molecule has 0 saturated carbocycles. The maximum atomic E-state index is 12.6. The van der Waals surface area contributed by atoms with E-state index in [2.05, 4.69) is 34.5 Å². The van der Waals surface area contributed by atoms with E-state index in [1.807, 2.05) is 37.4 Å². The summed E-state index contributed by atoms with van der Waals surface area (Å²) in [5, 5.41) is 3.05. The van der Waals surface area contributed by atoms with Crippen molar-refractivity contribution in [2.24, 2.45) is 0 Å². The van der Waals surface area contributed by atoms with Crippen LogP contribution in [0.4, 0.5) is 0 Å². The van der Waals surface area contributed by atoms with Crippen LogP contribution in [-0.4, -0.2) is 49.4 Å². The summed E-state index contributed by atoms with van der Waals surface area (Å²) in [4.78, 5) is 16.0. The molecule has 1 amide bonds. The molecule has 5 heteroatoms. The molecule has 0 aromatic heterocycles. The second-order valence-corrected chi connectivity index (χ2v) is 7.48. The number of amides is 1. The molecule has 3 rings (SSSR count). The fraction of sp³-hybridized carbons (Fsp3) is 0.381. The normalized spacial score (nSPS) is 17.8. The Kier molecular flexibility index (Phi) is 6.72. The van der Waals surface area contributed by atoms with Crippen LogP contribution in [0.15, 0.2) is 53.4 Å². The number of benzene rings is 2. The topological polar surface area (TPSA) is 41.6 Å². The Morgan fingerprint density at radius 1 is 1.27 bits per heavy atom. The maximum Gasteiger partial charge on any atom is 0.251 e. The van der Waals surface area contributed by atoms with Crippen LogP contribution in [0.3, 0.4) is 0 Å². The summed E-state index contributed by atoms with van der Waals surface area (Å²) in [6, 6.07) is 16.5. The summed E-state index contributed by atoms with van der Waals surface area (Å²) < 4.78 is 5.85. The fourth-order valence-corrected chi connectivity index (χ4v) is 3.60. The predicted octanol–water partition coefficient (Wildman–Crippen LogP) is 3.35. The molecule has 1 unspecified atom stereocenters. The zero-order chi connectivity index (χ0) is 18.4. The van der Waals surface area contributed by atoms with Crippen molar-refractivity contribution < 1.29 is 9.53 Å².